The highest BCUT2D eigenvalue weighted by atomic mass is 32.2. The van der Waals surface area contributed by atoms with Crippen molar-refractivity contribution in [2.75, 3.05) is 45.7 Å². The van der Waals surface area contributed by atoms with Gasteiger partial charge >= 0.3 is 0 Å². The fourth-order valence-corrected chi connectivity index (χ4v) is 3.88. The first kappa shape index (κ1) is 16.3. The minimum absolute atomic E-state index is 0.376. The van der Waals surface area contributed by atoms with Gasteiger partial charge in [0.25, 0.3) is 0 Å². The average Bonchev–Trinajstić information content (AvgIpc) is 2.48. The second-order valence-corrected chi connectivity index (χ2v) is 7.97. The van der Waals surface area contributed by atoms with Gasteiger partial charge in [-0.1, -0.05) is 12.1 Å². The van der Waals surface area contributed by atoms with Crippen molar-refractivity contribution in [3.05, 3.63) is 24.3 Å². The smallest absolute Gasteiger partial charge is 0.244 e. The van der Waals surface area contributed by atoms with Gasteiger partial charge in [0.05, 0.1) is 5.69 Å². The van der Waals surface area contributed by atoms with Crippen molar-refractivity contribution in [1.82, 2.24) is 9.62 Å². The molecule has 0 amide bonds. The highest BCUT2D eigenvalue weighted by Gasteiger charge is 2.24. The molecule has 1 aliphatic rings. The van der Waals surface area contributed by atoms with E-state index in [2.05, 4.69) is 10.2 Å². The Morgan fingerprint density at radius 3 is 2.57 bits per heavy atom. The molecule has 1 saturated heterocycles. The van der Waals surface area contributed by atoms with Crippen molar-refractivity contribution >= 4 is 15.7 Å². The molecule has 1 fully saturated rings. The first-order chi connectivity index (χ1) is 9.93. The number of para-hydroxylation sites is 1. The van der Waals surface area contributed by atoms with E-state index in [-0.39, 0.29) is 0 Å². The molecule has 0 aromatic heterocycles. The summed E-state index contributed by atoms with van der Waals surface area (Å²) in [5, 5.41) is 3.40. The third-order valence-electron chi connectivity index (χ3n) is 3.97. The second-order valence-electron chi connectivity index (χ2n) is 5.85. The highest BCUT2D eigenvalue weighted by Crippen LogP contribution is 2.27. The molecule has 0 radical (unpaired) electrons. The van der Waals surface area contributed by atoms with Crippen LogP contribution in [0.25, 0.3) is 0 Å². The molecule has 0 spiro atoms. The monoisotopic (exact) mass is 311 g/mol. The van der Waals surface area contributed by atoms with Gasteiger partial charge in [0.2, 0.25) is 10.0 Å². The molecule has 1 aromatic carbocycles. The fourth-order valence-electron chi connectivity index (χ4n) is 2.75. The summed E-state index contributed by atoms with van der Waals surface area (Å²) in [5.41, 5.74) is 0.775. The number of hydrogen-bond acceptors (Lipinski definition) is 4. The molecular weight excluding hydrogens is 286 g/mol. The summed E-state index contributed by atoms with van der Waals surface area (Å²) >= 11 is 0. The van der Waals surface area contributed by atoms with Crippen LogP contribution < -0.4 is 10.2 Å². The Balaban J connectivity index is 2.23. The fraction of sp³-hybridized carbons (Fsp3) is 0.600. The number of benzene rings is 1. The average molecular weight is 311 g/mol. The van der Waals surface area contributed by atoms with E-state index < -0.39 is 10.0 Å². The van der Waals surface area contributed by atoms with Crippen LogP contribution in [-0.2, 0) is 10.0 Å². The summed E-state index contributed by atoms with van der Waals surface area (Å²) < 4.78 is 26.1. The minimum Gasteiger partial charge on any atom is -0.373 e. The number of hydrogen-bond donors (Lipinski definition) is 1. The summed E-state index contributed by atoms with van der Waals surface area (Å²) in [5.74, 6) is 0.568. The third-order valence-corrected chi connectivity index (χ3v) is 5.83. The lowest BCUT2D eigenvalue weighted by Crippen LogP contribution is -2.37. The van der Waals surface area contributed by atoms with Gasteiger partial charge in [-0.25, -0.2) is 12.7 Å². The van der Waals surface area contributed by atoms with Gasteiger partial charge in [-0.2, -0.15) is 0 Å². The molecule has 1 N–H and O–H groups in total. The molecule has 0 aliphatic carbocycles. The molecule has 0 saturated carbocycles. The normalized spacial score (nSPS) is 19.7. The van der Waals surface area contributed by atoms with Crippen LogP contribution in [0.15, 0.2) is 29.2 Å². The molecular formula is C15H25N3O2S. The molecule has 1 aliphatic heterocycles. The largest absolute Gasteiger partial charge is 0.373 e. The lowest BCUT2D eigenvalue weighted by molar-refractivity contribution is 0.380. The van der Waals surface area contributed by atoms with Crippen LogP contribution in [0.1, 0.15) is 12.8 Å². The van der Waals surface area contributed by atoms with Crippen LogP contribution in [0, 0.1) is 5.92 Å². The Kier molecular flexibility index (Phi) is 5.24. The van der Waals surface area contributed by atoms with E-state index in [1.165, 1.54) is 17.1 Å². The number of piperidine rings is 1. The van der Waals surface area contributed by atoms with E-state index in [0.29, 0.717) is 10.8 Å². The zero-order chi connectivity index (χ0) is 15.5. The molecule has 1 aromatic rings. The van der Waals surface area contributed by atoms with Crippen LogP contribution >= 0.6 is 0 Å². The Bertz CT molecular complexity index is 566. The van der Waals surface area contributed by atoms with Crippen molar-refractivity contribution in [2.45, 2.75) is 17.7 Å². The van der Waals surface area contributed by atoms with E-state index in [1.807, 2.05) is 19.2 Å². The Hall–Kier alpha value is -1.11. The second kappa shape index (κ2) is 6.77. The third kappa shape index (κ3) is 3.75. The van der Waals surface area contributed by atoms with Gasteiger partial charge < -0.3 is 10.2 Å². The molecule has 1 atom stereocenters. The van der Waals surface area contributed by atoms with Gasteiger partial charge in [0.1, 0.15) is 4.90 Å². The predicted octanol–water partition coefficient (Wildman–Crippen LogP) is 1.37. The summed E-state index contributed by atoms with van der Waals surface area (Å²) in [6.45, 7) is 2.96. The molecule has 1 heterocycles. The zero-order valence-corrected chi connectivity index (χ0v) is 13.9. The van der Waals surface area contributed by atoms with Crippen LogP contribution in [-0.4, -0.2) is 53.5 Å². The molecule has 21 heavy (non-hydrogen) atoms. The number of sulfonamides is 1. The first-order valence-electron chi connectivity index (χ1n) is 7.36. The van der Waals surface area contributed by atoms with Crippen molar-refractivity contribution in [2.24, 2.45) is 5.92 Å². The summed E-state index contributed by atoms with van der Waals surface area (Å²) in [7, 11) is 1.69. The maximum atomic E-state index is 12.4. The van der Waals surface area contributed by atoms with Crippen LogP contribution in [0.4, 0.5) is 5.69 Å². The number of rotatable bonds is 5. The molecule has 6 heteroatoms. The highest BCUT2D eigenvalue weighted by molar-refractivity contribution is 7.89. The standard InChI is InChI=1S/C15H25N3O2S/c1-17(2)21(19,20)15-9-5-4-8-14(15)18(3)12-13-7-6-10-16-11-13/h4-5,8-9,13,16H,6-7,10-12H2,1-3H3. The topological polar surface area (TPSA) is 52.7 Å². The van der Waals surface area contributed by atoms with E-state index in [9.17, 15) is 8.42 Å². The lowest BCUT2D eigenvalue weighted by atomic mass is 9.99. The lowest BCUT2D eigenvalue weighted by Gasteiger charge is -2.30. The molecule has 1 unspecified atom stereocenters. The zero-order valence-electron chi connectivity index (χ0n) is 13.0. The Morgan fingerprint density at radius 1 is 1.24 bits per heavy atom. The SMILES string of the molecule is CN(CC1CCCNC1)c1ccccc1S(=O)(=O)N(C)C. The Labute approximate surface area is 128 Å². The number of anilines is 1. The van der Waals surface area contributed by atoms with Gasteiger partial charge in [0.15, 0.2) is 0 Å². The quantitative estimate of drug-likeness (QED) is 0.892. The van der Waals surface area contributed by atoms with Crippen molar-refractivity contribution in [3.63, 3.8) is 0 Å². The van der Waals surface area contributed by atoms with E-state index >= 15 is 0 Å². The maximum absolute atomic E-state index is 12.4. The van der Waals surface area contributed by atoms with Gasteiger partial charge in [-0.3, -0.25) is 0 Å². The van der Waals surface area contributed by atoms with Crippen molar-refractivity contribution in [1.29, 1.82) is 0 Å². The van der Waals surface area contributed by atoms with Crippen LogP contribution in [0.3, 0.4) is 0 Å². The summed E-state index contributed by atoms with van der Waals surface area (Å²) in [6.07, 6.45) is 2.39. The summed E-state index contributed by atoms with van der Waals surface area (Å²) in [4.78, 5) is 2.44. The molecule has 5 nitrogen and oxygen atoms in total. The van der Waals surface area contributed by atoms with E-state index in [0.717, 1.165) is 25.3 Å². The minimum atomic E-state index is -3.42. The van der Waals surface area contributed by atoms with Crippen LogP contribution in [0.2, 0.25) is 0 Å². The van der Waals surface area contributed by atoms with Crippen LogP contribution in [0.5, 0.6) is 0 Å². The number of nitrogens with one attached hydrogen (secondary N) is 1. The maximum Gasteiger partial charge on any atom is 0.244 e. The molecule has 0 bridgehead atoms. The van der Waals surface area contributed by atoms with Gasteiger partial charge in [-0.05, 0) is 44.0 Å². The van der Waals surface area contributed by atoms with E-state index in [4.69, 9.17) is 0 Å². The predicted molar refractivity (Wildman–Crippen MR) is 86.2 cm³/mol. The molecule has 2 rings (SSSR count). The molecule has 118 valence electrons. The van der Waals surface area contributed by atoms with E-state index in [1.54, 1.807) is 26.2 Å². The van der Waals surface area contributed by atoms with Crippen molar-refractivity contribution < 1.29 is 8.42 Å². The summed E-state index contributed by atoms with van der Waals surface area (Å²) in [6, 6.07) is 7.22. The first-order valence-corrected chi connectivity index (χ1v) is 8.80. The van der Waals surface area contributed by atoms with Gasteiger partial charge in [-0.15, -0.1) is 0 Å². The van der Waals surface area contributed by atoms with Crippen molar-refractivity contribution in [3.8, 4) is 0 Å². The Morgan fingerprint density at radius 2 is 1.95 bits per heavy atom. The van der Waals surface area contributed by atoms with Gasteiger partial charge in [0, 0.05) is 27.7 Å². The number of nitrogens with zero attached hydrogens (tertiary/aromatic N) is 2.